The summed E-state index contributed by atoms with van der Waals surface area (Å²) in [5.41, 5.74) is 2.04. The SMILES string of the molecule is CC(C)(C)c1ccc(NC(=O)C2CCN(S(=O)(=O)c3cccnc3)CC2)cc1. The lowest BCUT2D eigenvalue weighted by atomic mass is 9.87. The number of anilines is 1. The standard InChI is InChI=1S/C21H27N3O3S/c1-21(2,3)17-6-8-18(9-7-17)23-20(25)16-10-13-24(14-11-16)28(26,27)19-5-4-12-22-15-19/h4-9,12,15-16H,10-11,13-14H2,1-3H3,(H,23,25). The van der Waals surface area contributed by atoms with E-state index in [9.17, 15) is 13.2 Å². The summed E-state index contributed by atoms with van der Waals surface area (Å²) in [7, 11) is -3.55. The van der Waals surface area contributed by atoms with Gasteiger partial charge in [-0.1, -0.05) is 32.9 Å². The number of piperidine rings is 1. The van der Waals surface area contributed by atoms with Crippen LogP contribution in [0.2, 0.25) is 0 Å². The van der Waals surface area contributed by atoms with Crippen molar-refractivity contribution in [3.8, 4) is 0 Å². The van der Waals surface area contributed by atoms with Crippen molar-refractivity contribution < 1.29 is 13.2 Å². The summed E-state index contributed by atoms with van der Waals surface area (Å²) in [6, 6.07) is 11.0. The van der Waals surface area contributed by atoms with E-state index in [2.05, 4.69) is 31.1 Å². The van der Waals surface area contributed by atoms with Crippen LogP contribution in [0.1, 0.15) is 39.2 Å². The molecule has 0 aliphatic carbocycles. The van der Waals surface area contributed by atoms with Crippen LogP contribution in [0.5, 0.6) is 0 Å². The fourth-order valence-electron chi connectivity index (χ4n) is 3.30. The minimum Gasteiger partial charge on any atom is -0.326 e. The van der Waals surface area contributed by atoms with Crippen molar-refractivity contribution in [1.82, 2.24) is 9.29 Å². The zero-order valence-electron chi connectivity index (χ0n) is 16.6. The van der Waals surface area contributed by atoms with E-state index in [1.165, 1.54) is 16.1 Å². The lowest BCUT2D eigenvalue weighted by Crippen LogP contribution is -2.41. The summed E-state index contributed by atoms with van der Waals surface area (Å²) in [6.07, 6.45) is 3.91. The monoisotopic (exact) mass is 401 g/mol. The highest BCUT2D eigenvalue weighted by molar-refractivity contribution is 7.89. The Morgan fingerprint density at radius 2 is 1.75 bits per heavy atom. The minimum absolute atomic E-state index is 0.0538. The third-order valence-corrected chi connectivity index (χ3v) is 7.00. The van der Waals surface area contributed by atoms with Crippen LogP contribution in [0, 0.1) is 5.92 Å². The highest BCUT2D eigenvalue weighted by atomic mass is 32.2. The Morgan fingerprint density at radius 3 is 2.29 bits per heavy atom. The van der Waals surface area contributed by atoms with Gasteiger partial charge in [0.2, 0.25) is 15.9 Å². The van der Waals surface area contributed by atoms with Crippen LogP contribution in [-0.2, 0) is 20.2 Å². The van der Waals surface area contributed by atoms with Gasteiger partial charge in [0.15, 0.2) is 0 Å². The number of carbonyl (C=O) groups excluding carboxylic acids is 1. The molecule has 0 atom stereocenters. The smallest absolute Gasteiger partial charge is 0.244 e. The maximum Gasteiger partial charge on any atom is 0.244 e. The van der Waals surface area contributed by atoms with Crippen LogP contribution in [0.3, 0.4) is 0 Å². The molecule has 1 amide bonds. The zero-order chi connectivity index (χ0) is 20.4. The molecule has 1 saturated heterocycles. The molecule has 2 aromatic rings. The summed E-state index contributed by atoms with van der Waals surface area (Å²) in [5, 5.41) is 2.96. The van der Waals surface area contributed by atoms with Crippen molar-refractivity contribution in [1.29, 1.82) is 0 Å². The van der Waals surface area contributed by atoms with E-state index < -0.39 is 10.0 Å². The Labute approximate surface area is 167 Å². The molecule has 150 valence electrons. The molecule has 0 radical (unpaired) electrons. The van der Waals surface area contributed by atoms with Crippen LogP contribution < -0.4 is 5.32 Å². The van der Waals surface area contributed by atoms with Crippen molar-refractivity contribution in [3.63, 3.8) is 0 Å². The topological polar surface area (TPSA) is 79.4 Å². The van der Waals surface area contributed by atoms with Crippen molar-refractivity contribution in [2.24, 2.45) is 5.92 Å². The number of carbonyl (C=O) groups is 1. The molecule has 0 unspecified atom stereocenters. The van der Waals surface area contributed by atoms with Crippen LogP contribution in [0.15, 0.2) is 53.7 Å². The Balaban J connectivity index is 1.58. The number of pyridine rings is 1. The van der Waals surface area contributed by atoms with Crippen LogP contribution in [0.4, 0.5) is 5.69 Å². The molecule has 1 N–H and O–H groups in total. The van der Waals surface area contributed by atoms with Gasteiger partial charge in [0, 0.05) is 37.1 Å². The van der Waals surface area contributed by atoms with E-state index in [-0.39, 0.29) is 22.1 Å². The molecule has 6 nitrogen and oxygen atoms in total. The predicted octanol–water partition coefficient (Wildman–Crippen LogP) is 3.42. The molecule has 1 fully saturated rings. The average Bonchev–Trinajstić information content (AvgIpc) is 2.68. The first-order valence-corrected chi connectivity index (χ1v) is 10.9. The van der Waals surface area contributed by atoms with Gasteiger partial charge in [-0.2, -0.15) is 4.31 Å². The molecule has 0 spiro atoms. The molecule has 7 heteroatoms. The maximum atomic E-state index is 12.7. The summed E-state index contributed by atoms with van der Waals surface area (Å²) in [6.45, 7) is 7.10. The van der Waals surface area contributed by atoms with Crippen molar-refractivity contribution in [3.05, 3.63) is 54.4 Å². The molecule has 28 heavy (non-hydrogen) atoms. The molecule has 1 aliphatic rings. The second kappa shape index (κ2) is 8.01. The van der Waals surface area contributed by atoms with E-state index in [0.717, 1.165) is 5.69 Å². The summed E-state index contributed by atoms with van der Waals surface area (Å²) in [4.78, 5) is 16.7. The number of amides is 1. The van der Waals surface area contributed by atoms with Crippen molar-refractivity contribution >= 4 is 21.6 Å². The van der Waals surface area contributed by atoms with Gasteiger partial charge in [0.1, 0.15) is 4.90 Å². The van der Waals surface area contributed by atoms with E-state index in [1.54, 1.807) is 18.3 Å². The molecule has 1 aromatic heterocycles. The molecule has 0 bridgehead atoms. The molecule has 1 aromatic carbocycles. The number of hydrogen-bond donors (Lipinski definition) is 1. The average molecular weight is 402 g/mol. The number of nitrogens with one attached hydrogen (secondary N) is 1. The van der Waals surface area contributed by atoms with Gasteiger partial charge < -0.3 is 5.32 Å². The largest absolute Gasteiger partial charge is 0.326 e. The van der Waals surface area contributed by atoms with Gasteiger partial charge in [-0.15, -0.1) is 0 Å². The molecule has 1 aliphatic heterocycles. The first-order valence-electron chi connectivity index (χ1n) is 9.49. The zero-order valence-corrected chi connectivity index (χ0v) is 17.4. The number of nitrogens with zero attached hydrogens (tertiary/aromatic N) is 2. The highest BCUT2D eigenvalue weighted by Crippen LogP contribution is 2.26. The Bertz CT molecular complexity index is 912. The molecular formula is C21H27N3O3S. The van der Waals surface area contributed by atoms with Gasteiger partial charge in [-0.25, -0.2) is 8.42 Å². The molecule has 3 rings (SSSR count). The van der Waals surface area contributed by atoms with Gasteiger partial charge in [0.25, 0.3) is 0 Å². The van der Waals surface area contributed by atoms with Crippen molar-refractivity contribution in [2.45, 2.75) is 43.9 Å². The Morgan fingerprint density at radius 1 is 1.11 bits per heavy atom. The van der Waals surface area contributed by atoms with Gasteiger partial charge in [-0.3, -0.25) is 9.78 Å². The molecule has 2 heterocycles. The second-order valence-corrected chi connectivity index (χ2v) is 10.1. The van der Waals surface area contributed by atoms with E-state index in [4.69, 9.17) is 0 Å². The number of hydrogen-bond acceptors (Lipinski definition) is 4. The highest BCUT2D eigenvalue weighted by Gasteiger charge is 2.32. The van der Waals surface area contributed by atoms with Crippen LogP contribution in [-0.4, -0.2) is 36.7 Å². The third kappa shape index (κ3) is 4.59. The predicted molar refractivity (Wildman–Crippen MR) is 109 cm³/mol. The van der Waals surface area contributed by atoms with Gasteiger partial charge in [0.05, 0.1) is 0 Å². The third-order valence-electron chi connectivity index (χ3n) is 5.12. The maximum absolute atomic E-state index is 12.7. The Kier molecular flexibility index (Phi) is 5.86. The number of sulfonamides is 1. The molecule has 0 saturated carbocycles. The fourth-order valence-corrected chi connectivity index (χ4v) is 4.74. The van der Waals surface area contributed by atoms with Gasteiger partial charge >= 0.3 is 0 Å². The summed E-state index contributed by atoms with van der Waals surface area (Å²) < 4.78 is 26.7. The first kappa shape index (κ1) is 20.5. The second-order valence-electron chi connectivity index (χ2n) is 8.18. The lowest BCUT2D eigenvalue weighted by Gasteiger charge is -2.30. The minimum atomic E-state index is -3.55. The number of rotatable bonds is 4. The van der Waals surface area contributed by atoms with E-state index >= 15 is 0 Å². The summed E-state index contributed by atoms with van der Waals surface area (Å²) in [5.74, 6) is -0.246. The van der Waals surface area contributed by atoms with E-state index in [1.807, 2.05) is 24.3 Å². The van der Waals surface area contributed by atoms with Crippen LogP contribution >= 0.6 is 0 Å². The summed E-state index contributed by atoms with van der Waals surface area (Å²) >= 11 is 0. The molecular weight excluding hydrogens is 374 g/mol. The van der Waals surface area contributed by atoms with E-state index in [0.29, 0.717) is 25.9 Å². The Hall–Kier alpha value is -2.25. The number of benzene rings is 1. The quantitative estimate of drug-likeness (QED) is 0.851. The lowest BCUT2D eigenvalue weighted by molar-refractivity contribution is -0.120. The van der Waals surface area contributed by atoms with Crippen LogP contribution in [0.25, 0.3) is 0 Å². The number of aromatic nitrogens is 1. The normalized spacial score (nSPS) is 16.7. The first-order chi connectivity index (χ1) is 13.2. The van der Waals surface area contributed by atoms with Gasteiger partial charge in [-0.05, 0) is 48.1 Å². The fraction of sp³-hybridized carbons (Fsp3) is 0.429. The van der Waals surface area contributed by atoms with Crippen molar-refractivity contribution in [2.75, 3.05) is 18.4 Å².